The molecule has 0 rings (SSSR count). The monoisotopic (exact) mass is 798 g/mol. The average molecular weight is 798 g/mol. The lowest BCUT2D eigenvalue weighted by atomic mass is 10.00. The van der Waals surface area contributed by atoms with E-state index in [0.29, 0.717) is 0 Å². The molecular weight excluding hydrogens is 788 g/mol. The summed E-state index contributed by atoms with van der Waals surface area (Å²) in [5.74, 6) is -46.2. The first-order chi connectivity index (χ1) is 18.3. The van der Waals surface area contributed by atoms with Crippen LogP contribution in [0.3, 0.4) is 0 Å². The zero-order chi connectivity index (χ0) is 37.2. The molecular formula is C12H10F24N2O6S2. The molecule has 0 heterocycles. The van der Waals surface area contributed by atoms with Gasteiger partial charge in [-0.3, -0.25) is 9.11 Å². The molecule has 0 aromatic rings. The Bertz CT molecular complexity index is 1150. The van der Waals surface area contributed by atoms with E-state index in [1.54, 1.807) is 0 Å². The molecule has 0 aliphatic heterocycles. The molecule has 284 valence electrons. The fourth-order valence-corrected chi connectivity index (χ4v) is 2.74. The Morgan fingerprint density at radius 2 is 0.522 bits per heavy atom. The highest BCUT2D eigenvalue weighted by Crippen LogP contribution is 2.58. The topological polar surface area (TPSA) is 179 Å². The maximum Gasteiger partial charge on any atom is 0.438 e. The summed E-state index contributed by atoms with van der Waals surface area (Å²) < 4.78 is 351. The lowest BCUT2D eigenvalue weighted by Crippen LogP contribution is -2.68. The van der Waals surface area contributed by atoms with Crippen LogP contribution in [0, 0.1) is 0 Å². The molecule has 0 aliphatic rings. The largest absolute Gasteiger partial charge is 0.438 e. The molecule has 0 aliphatic carbocycles. The van der Waals surface area contributed by atoms with Gasteiger partial charge in [-0.05, 0) is 0 Å². The predicted molar refractivity (Wildman–Crippen MR) is 94.6 cm³/mol. The van der Waals surface area contributed by atoms with Crippen LogP contribution in [0.1, 0.15) is 0 Å². The van der Waals surface area contributed by atoms with Crippen molar-refractivity contribution in [2.75, 3.05) is 0 Å². The van der Waals surface area contributed by atoms with Crippen molar-refractivity contribution in [3.63, 3.8) is 0 Å². The van der Waals surface area contributed by atoms with E-state index in [1.165, 1.54) is 0 Å². The Morgan fingerprint density at radius 1 is 0.370 bits per heavy atom. The van der Waals surface area contributed by atoms with Gasteiger partial charge in [0.15, 0.2) is 0 Å². The highest BCUT2D eigenvalue weighted by Gasteiger charge is 2.89. The molecule has 0 saturated heterocycles. The second-order valence-corrected chi connectivity index (χ2v) is 10.3. The summed E-state index contributed by atoms with van der Waals surface area (Å²) in [5, 5.41) is -14.7. The van der Waals surface area contributed by atoms with Gasteiger partial charge in [0.2, 0.25) is 0 Å². The van der Waals surface area contributed by atoms with Crippen LogP contribution in [0.4, 0.5) is 105 Å². The second kappa shape index (κ2) is 13.2. The summed E-state index contributed by atoms with van der Waals surface area (Å²) in [5.41, 5.74) is 0. The molecule has 0 spiro atoms. The number of rotatable bonds is 10. The molecule has 46 heavy (non-hydrogen) atoms. The van der Waals surface area contributed by atoms with Crippen LogP contribution < -0.4 is 12.3 Å². The molecule has 34 heteroatoms. The minimum Gasteiger partial charge on any atom is -0.344 e. The van der Waals surface area contributed by atoms with Crippen LogP contribution in [0.25, 0.3) is 0 Å². The van der Waals surface area contributed by atoms with Crippen LogP contribution in [0.5, 0.6) is 0 Å². The Kier molecular flexibility index (Phi) is 14.6. The summed E-state index contributed by atoms with van der Waals surface area (Å²) in [6.07, 6.45) is -25.8. The van der Waals surface area contributed by atoms with Gasteiger partial charge < -0.3 is 12.3 Å². The van der Waals surface area contributed by atoms with Crippen molar-refractivity contribution in [1.29, 1.82) is 0 Å². The van der Waals surface area contributed by atoms with Crippen molar-refractivity contribution in [3.05, 3.63) is 0 Å². The second-order valence-electron chi connectivity index (χ2n) is 7.34. The smallest absolute Gasteiger partial charge is 0.344 e. The van der Waals surface area contributed by atoms with E-state index in [9.17, 15) is 122 Å². The molecule has 0 fully saturated rings. The van der Waals surface area contributed by atoms with E-state index in [2.05, 4.69) is 0 Å². The molecule has 2 atom stereocenters. The Labute approximate surface area is 235 Å². The van der Waals surface area contributed by atoms with Gasteiger partial charge in [0.05, 0.1) is 0 Å². The van der Waals surface area contributed by atoms with Crippen molar-refractivity contribution in [3.8, 4) is 0 Å². The molecule has 0 aromatic heterocycles. The standard InChI is InChI=1S/2C6H2F12O3S.2H3N/c2*7-1(3(10,11)12)2(8,9)4(13,14)5(15,16)6(17,18)22(19,20)21;;/h2*1H,(H,19,20,21);2*1H3. The van der Waals surface area contributed by atoms with Gasteiger partial charge in [0, 0.05) is 0 Å². The Morgan fingerprint density at radius 3 is 0.630 bits per heavy atom. The Balaban J connectivity index is -0.000000367. The lowest BCUT2D eigenvalue weighted by molar-refractivity contribution is -0.380. The molecule has 0 saturated carbocycles. The zero-order valence-electron chi connectivity index (χ0n) is 20.0. The van der Waals surface area contributed by atoms with Crippen molar-refractivity contribution in [2.24, 2.45) is 0 Å². The third-order valence-corrected chi connectivity index (χ3v) is 6.02. The van der Waals surface area contributed by atoms with Crippen molar-refractivity contribution >= 4 is 20.2 Å². The molecule has 0 amide bonds. The minimum atomic E-state index is -7.84. The summed E-state index contributed by atoms with van der Waals surface area (Å²) in [4.78, 5) is 0. The van der Waals surface area contributed by atoms with Crippen LogP contribution in [-0.4, -0.2) is 96.7 Å². The fourth-order valence-electron chi connectivity index (χ4n) is 1.84. The van der Waals surface area contributed by atoms with E-state index in [1.807, 2.05) is 0 Å². The third-order valence-electron chi connectivity index (χ3n) is 4.22. The maximum absolute atomic E-state index is 12.7. The summed E-state index contributed by atoms with van der Waals surface area (Å²) in [6.45, 7) is 0. The molecule has 8 nitrogen and oxygen atoms in total. The Hall–Kier alpha value is -1.94. The van der Waals surface area contributed by atoms with Gasteiger partial charge in [0.25, 0.3) is 12.3 Å². The summed E-state index contributed by atoms with van der Waals surface area (Å²) >= 11 is 0. The molecule has 8 N–H and O–H groups in total. The third kappa shape index (κ3) is 8.01. The van der Waals surface area contributed by atoms with Crippen molar-refractivity contribution < 1.29 is 131 Å². The van der Waals surface area contributed by atoms with Gasteiger partial charge in [0.1, 0.15) is 0 Å². The van der Waals surface area contributed by atoms with E-state index in [0.717, 1.165) is 0 Å². The number of alkyl halides is 24. The number of halogens is 24. The van der Waals surface area contributed by atoms with Gasteiger partial charge in [-0.2, -0.15) is 113 Å². The average Bonchev–Trinajstić information content (AvgIpc) is 2.74. The fraction of sp³-hybridized carbons (Fsp3) is 1.00. The van der Waals surface area contributed by atoms with Gasteiger partial charge in [-0.15, -0.1) is 0 Å². The van der Waals surface area contributed by atoms with E-state index in [4.69, 9.17) is 9.11 Å². The van der Waals surface area contributed by atoms with E-state index in [-0.39, 0.29) is 12.3 Å². The summed E-state index contributed by atoms with van der Waals surface area (Å²) in [6, 6.07) is 0. The SMILES string of the molecule is N.N.O=S(=O)(O)C(F)(F)C(F)(F)C(F)(F)C(F)(F)C(F)C(F)(F)F.O=S(=O)(O)C(F)(F)C(F)(F)C(F)(F)C(F)(F)C(F)C(F)(F)F. The number of hydrogen-bond acceptors (Lipinski definition) is 6. The van der Waals surface area contributed by atoms with Crippen molar-refractivity contribution in [2.45, 2.75) is 70.7 Å². The maximum atomic E-state index is 12.7. The van der Waals surface area contributed by atoms with Gasteiger partial charge in [-0.25, -0.2) is 8.78 Å². The number of hydrogen-bond donors (Lipinski definition) is 4. The molecule has 0 radical (unpaired) electrons. The normalized spacial score (nSPS) is 16.7. The first kappa shape index (κ1) is 50.9. The molecule has 0 bridgehead atoms. The zero-order valence-corrected chi connectivity index (χ0v) is 21.6. The van der Waals surface area contributed by atoms with Crippen molar-refractivity contribution in [1.82, 2.24) is 12.3 Å². The van der Waals surface area contributed by atoms with Crippen LogP contribution in [0.15, 0.2) is 0 Å². The molecule has 0 aromatic carbocycles. The minimum absolute atomic E-state index is 0. The predicted octanol–water partition coefficient (Wildman–Crippen LogP) is 6.87. The van der Waals surface area contributed by atoms with Gasteiger partial charge in [-0.1, -0.05) is 0 Å². The van der Waals surface area contributed by atoms with Crippen LogP contribution >= 0.6 is 0 Å². The van der Waals surface area contributed by atoms with Crippen LogP contribution in [0.2, 0.25) is 0 Å². The molecule has 2 unspecified atom stereocenters. The summed E-state index contributed by atoms with van der Waals surface area (Å²) in [7, 11) is -14.9. The lowest BCUT2D eigenvalue weighted by Gasteiger charge is -2.36. The quantitative estimate of drug-likeness (QED) is 0.137. The first-order valence-corrected chi connectivity index (χ1v) is 11.6. The van der Waals surface area contributed by atoms with Crippen LogP contribution in [-0.2, 0) is 20.2 Å². The first-order valence-electron chi connectivity index (χ1n) is 8.69. The van der Waals surface area contributed by atoms with E-state index >= 15 is 0 Å². The highest BCUT2D eigenvalue weighted by atomic mass is 32.2. The van der Waals surface area contributed by atoms with E-state index < -0.39 is 91.0 Å². The van der Waals surface area contributed by atoms with Gasteiger partial charge >= 0.3 is 78.6 Å². The highest BCUT2D eigenvalue weighted by molar-refractivity contribution is 7.87.